The number of fused-ring (bicyclic) bond motifs is 1. The molecule has 0 unspecified atom stereocenters. The highest BCUT2D eigenvalue weighted by Gasteiger charge is 2.24. The van der Waals surface area contributed by atoms with Crippen molar-refractivity contribution in [1.82, 2.24) is 24.9 Å². The smallest absolute Gasteiger partial charge is 0.252 e. The van der Waals surface area contributed by atoms with Crippen molar-refractivity contribution in [3.63, 3.8) is 0 Å². The van der Waals surface area contributed by atoms with Gasteiger partial charge in [0.05, 0.1) is 18.7 Å². The number of hydrogen-bond acceptors (Lipinski definition) is 5. The average molecular weight is 393 g/mol. The largest absolute Gasteiger partial charge is 0.494 e. The molecule has 7 heteroatoms. The molecule has 0 bridgehead atoms. The summed E-state index contributed by atoms with van der Waals surface area (Å²) in [5, 5.41) is 7.42. The fraction of sp³-hybridized carbons (Fsp3) is 0.455. The van der Waals surface area contributed by atoms with Gasteiger partial charge in [0.15, 0.2) is 0 Å². The molecule has 3 aromatic rings. The third-order valence-electron chi connectivity index (χ3n) is 5.66. The molecule has 1 fully saturated rings. The lowest BCUT2D eigenvalue weighted by Crippen LogP contribution is -2.32. The van der Waals surface area contributed by atoms with Crippen LogP contribution in [-0.4, -0.2) is 38.6 Å². The van der Waals surface area contributed by atoms with Gasteiger partial charge in [-0.15, -0.1) is 0 Å². The van der Waals surface area contributed by atoms with E-state index >= 15 is 0 Å². The van der Waals surface area contributed by atoms with Gasteiger partial charge in [-0.2, -0.15) is 10.1 Å². The minimum atomic E-state index is 0.0785. The summed E-state index contributed by atoms with van der Waals surface area (Å²) in [6.07, 6.45) is 8.17. The molecular formula is C22H27N5O2. The van der Waals surface area contributed by atoms with Crippen LogP contribution in [0, 0.1) is 5.92 Å². The van der Waals surface area contributed by atoms with E-state index in [1.165, 1.54) is 5.69 Å². The van der Waals surface area contributed by atoms with E-state index in [-0.39, 0.29) is 5.91 Å². The zero-order valence-corrected chi connectivity index (χ0v) is 16.8. The second kappa shape index (κ2) is 9.03. The van der Waals surface area contributed by atoms with Crippen LogP contribution >= 0.6 is 0 Å². The van der Waals surface area contributed by atoms with Crippen molar-refractivity contribution >= 4 is 11.7 Å². The van der Waals surface area contributed by atoms with Crippen LogP contribution in [0.25, 0.3) is 5.78 Å². The number of nitrogens with zero attached hydrogens (tertiary/aromatic N) is 4. The summed E-state index contributed by atoms with van der Waals surface area (Å²) in [5.41, 5.74) is 2.19. The number of benzene rings is 1. The van der Waals surface area contributed by atoms with Crippen LogP contribution in [0.5, 0.6) is 5.75 Å². The Hall–Kier alpha value is -2.96. The first kappa shape index (κ1) is 19.4. The van der Waals surface area contributed by atoms with E-state index in [0.717, 1.165) is 43.5 Å². The molecule has 7 nitrogen and oxygen atoms in total. The molecule has 4 rings (SSSR count). The molecule has 2 aromatic heterocycles. The second-order valence-corrected chi connectivity index (χ2v) is 7.62. The molecule has 0 aliphatic heterocycles. The van der Waals surface area contributed by atoms with E-state index in [4.69, 9.17) is 4.74 Å². The third kappa shape index (κ3) is 4.72. The molecule has 0 spiro atoms. The van der Waals surface area contributed by atoms with Crippen LogP contribution in [-0.2, 0) is 11.2 Å². The van der Waals surface area contributed by atoms with Crippen LogP contribution in [0.2, 0.25) is 0 Å². The normalized spacial score (nSPS) is 19.2. The Morgan fingerprint density at radius 3 is 2.69 bits per heavy atom. The summed E-state index contributed by atoms with van der Waals surface area (Å²) in [6, 6.07) is 9.78. The van der Waals surface area contributed by atoms with E-state index in [1.807, 2.05) is 48.0 Å². The quantitative estimate of drug-likeness (QED) is 0.667. The van der Waals surface area contributed by atoms with Gasteiger partial charge in [-0.25, -0.2) is 9.50 Å². The Labute approximate surface area is 170 Å². The van der Waals surface area contributed by atoms with Crippen LogP contribution in [0.1, 0.15) is 49.8 Å². The first-order valence-electron chi connectivity index (χ1n) is 10.4. The monoisotopic (exact) mass is 393 g/mol. The van der Waals surface area contributed by atoms with Crippen molar-refractivity contribution in [2.45, 2.75) is 44.9 Å². The Bertz CT molecular complexity index is 945. The highest BCUT2D eigenvalue weighted by molar-refractivity contribution is 5.78. The van der Waals surface area contributed by atoms with Gasteiger partial charge in [0, 0.05) is 18.7 Å². The number of hydrogen-bond donors (Lipinski definition) is 1. The highest BCUT2D eigenvalue weighted by Crippen LogP contribution is 2.35. The SMILES string of the molecule is CCOc1ccc(CC(=O)NCC2CCC(c3ccnc4ncnn34)CC2)cc1. The highest BCUT2D eigenvalue weighted by atomic mass is 16.5. The van der Waals surface area contributed by atoms with Crippen LogP contribution in [0.4, 0.5) is 0 Å². The molecule has 0 radical (unpaired) electrons. The summed E-state index contributed by atoms with van der Waals surface area (Å²) in [6.45, 7) is 3.35. The molecule has 1 aliphatic carbocycles. The van der Waals surface area contributed by atoms with Gasteiger partial charge in [0.2, 0.25) is 5.91 Å². The lowest BCUT2D eigenvalue weighted by atomic mass is 9.80. The standard InChI is InChI=1S/C22H27N5O2/c1-2-29-19-9-5-16(6-10-19)13-21(28)24-14-17-3-7-18(8-4-17)20-11-12-23-22-25-15-26-27(20)22/h5-6,9-12,15,17-18H,2-4,7-8,13-14H2,1H3,(H,24,28). The maximum Gasteiger partial charge on any atom is 0.252 e. The summed E-state index contributed by atoms with van der Waals surface area (Å²) in [5.74, 6) is 2.58. The zero-order chi connectivity index (χ0) is 20.1. The summed E-state index contributed by atoms with van der Waals surface area (Å²) in [4.78, 5) is 20.7. The van der Waals surface area contributed by atoms with Crippen LogP contribution < -0.4 is 10.1 Å². The number of ether oxygens (including phenoxy) is 1. The van der Waals surface area contributed by atoms with Gasteiger partial charge >= 0.3 is 0 Å². The second-order valence-electron chi connectivity index (χ2n) is 7.62. The van der Waals surface area contributed by atoms with Gasteiger partial charge in [-0.05, 0) is 62.3 Å². The van der Waals surface area contributed by atoms with Crippen molar-refractivity contribution < 1.29 is 9.53 Å². The third-order valence-corrected chi connectivity index (χ3v) is 5.66. The number of amides is 1. The van der Waals surface area contributed by atoms with Crippen molar-refractivity contribution in [3.8, 4) is 5.75 Å². The van der Waals surface area contributed by atoms with Crippen molar-refractivity contribution in [2.24, 2.45) is 5.92 Å². The zero-order valence-electron chi connectivity index (χ0n) is 16.8. The summed E-state index contributed by atoms with van der Waals surface area (Å²) >= 11 is 0. The molecule has 0 atom stereocenters. The van der Waals surface area contributed by atoms with Crippen LogP contribution in [0.3, 0.4) is 0 Å². The Kier molecular flexibility index (Phi) is 6.03. The molecule has 1 aromatic carbocycles. The molecule has 2 heterocycles. The van der Waals surface area contributed by atoms with Crippen molar-refractivity contribution in [1.29, 1.82) is 0 Å². The molecule has 29 heavy (non-hydrogen) atoms. The van der Waals surface area contributed by atoms with E-state index in [9.17, 15) is 4.79 Å². The molecule has 1 N–H and O–H groups in total. The van der Waals surface area contributed by atoms with Crippen molar-refractivity contribution in [2.75, 3.05) is 13.2 Å². The number of carbonyl (C=O) groups is 1. The van der Waals surface area contributed by atoms with E-state index in [0.29, 0.717) is 30.6 Å². The van der Waals surface area contributed by atoms with Gasteiger partial charge < -0.3 is 10.1 Å². The number of nitrogens with one attached hydrogen (secondary N) is 1. The van der Waals surface area contributed by atoms with Gasteiger partial charge in [0.25, 0.3) is 5.78 Å². The topological polar surface area (TPSA) is 81.4 Å². The molecule has 152 valence electrons. The van der Waals surface area contributed by atoms with E-state index in [2.05, 4.69) is 20.4 Å². The number of aromatic nitrogens is 4. The minimum Gasteiger partial charge on any atom is -0.494 e. The molecule has 1 aliphatic rings. The molecule has 0 saturated heterocycles. The summed E-state index contributed by atoms with van der Waals surface area (Å²) in [7, 11) is 0. The van der Waals surface area contributed by atoms with Gasteiger partial charge in [0.1, 0.15) is 12.1 Å². The Balaban J connectivity index is 1.23. The molecular weight excluding hydrogens is 366 g/mol. The molecule has 1 saturated carbocycles. The predicted octanol–water partition coefficient (Wildman–Crippen LogP) is 3.16. The maximum atomic E-state index is 12.3. The number of carbonyl (C=O) groups excluding carboxylic acids is 1. The first-order chi connectivity index (χ1) is 14.2. The van der Waals surface area contributed by atoms with E-state index in [1.54, 1.807) is 6.33 Å². The molecule has 1 amide bonds. The number of rotatable bonds is 7. The average Bonchev–Trinajstić information content (AvgIpc) is 3.23. The Morgan fingerprint density at radius 2 is 1.93 bits per heavy atom. The maximum absolute atomic E-state index is 12.3. The summed E-state index contributed by atoms with van der Waals surface area (Å²) < 4.78 is 7.29. The lowest BCUT2D eigenvalue weighted by Gasteiger charge is -2.28. The minimum absolute atomic E-state index is 0.0785. The van der Waals surface area contributed by atoms with Gasteiger partial charge in [-0.1, -0.05) is 12.1 Å². The Morgan fingerprint density at radius 1 is 1.14 bits per heavy atom. The van der Waals surface area contributed by atoms with Gasteiger partial charge in [-0.3, -0.25) is 4.79 Å². The fourth-order valence-corrected chi connectivity index (χ4v) is 4.10. The van der Waals surface area contributed by atoms with E-state index < -0.39 is 0 Å². The first-order valence-corrected chi connectivity index (χ1v) is 10.4. The van der Waals surface area contributed by atoms with Crippen LogP contribution in [0.15, 0.2) is 42.9 Å². The predicted molar refractivity (Wildman–Crippen MR) is 110 cm³/mol. The lowest BCUT2D eigenvalue weighted by molar-refractivity contribution is -0.120. The van der Waals surface area contributed by atoms with Crippen molar-refractivity contribution in [3.05, 3.63) is 54.1 Å². The fourth-order valence-electron chi connectivity index (χ4n) is 4.10.